The summed E-state index contributed by atoms with van der Waals surface area (Å²) in [5, 5.41) is 4.49. The lowest BCUT2D eigenvalue weighted by Gasteiger charge is -2.34. The predicted octanol–water partition coefficient (Wildman–Crippen LogP) is 5.14. The second-order valence-electron chi connectivity index (χ2n) is 9.60. The molecule has 4 nitrogen and oxygen atoms in total. The highest BCUT2D eigenvalue weighted by Gasteiger charge is 2.46. The van der Waals surface area contributed by atoms with Crippen molar-refractivity contribution in [1.29, 1.82) is 0 Å². The molecule has 1 saturated carbocycles. The van der Waals surface area contributed by atoms with Gasteiger partial charge in [-0.25, -0.2) is 0 Å². The number of hydrogen-bond acceptors (Lipinski definition) is 3. The van der Waals surface area contributed by atoms with Crippen LogP contribution >= 0.6 is 11.6 Å². The molecule has 0 atom stereocenters. The van der Waals surface area contributed by atoms with Gasteiger partial charge >= 0.3 is 0 Å². The van der Waals surface area contributed by atoms with E-state index in [2.05, 4.69) is 28.1 Å². The minimum atomic E-state index is -0.195. The summed E-state index contributed by atoms with van der Waals surface area (Å²) in [7, 11) is 0. The summed E-state index contributed by atoms with van der Waals surface area (Å²) in [5.41, 5.74) is 4.53. The second kappa shape index (κ2) is 7.46. The van der Waals surface area contributed by atoms with E-state index in [1.54, 1.807) is 6.07 Å². The van der Waals surface area contributed by atoms with Crippen LogP contribution in [0.3, 0.4) is 0 Å². The summed E-state index contributed by atoms with van der Waals surface area (Å²) in [6, 6.07) is 12.7. The zero-order valence-electron chi connectivity index (χ0n) is 17.8. The lowest BCUT2D eigenvalue weighted by molar-refractivity contribution is 0.338. The average Bonchev–Trinajstić information content (AvgIpc) is 3.04. The van der Waals surface area contributed by atoms with Gasteiger partial charge in [0.2, 0.25) is 0 Å². The number of hydrogen-bond donors (Lipinski definition) is 1. The Kier molecular flexibility index (Phi) is 4.69. The fourth-order valence-electron chi connectivity index (χ4n) is 6.27. The molecule has 31 heavy (non-hydrogen) atoms. The van der Waals surface area contributed by atoms with Crippen molar-refractivity contribution in [3.05, 3.63) is 68.7 Å². The first kappa shape index (κ1) is 19.5. The summed E-state index contributed by atoms with van der Waals surface area (Å²) >= 11 is 6.44. The summed E-state index contributed by atoms with van der Waals surface area (Å²) < 4.78 is 2.23. The van der Waals surface area contributed by atoms with Crippen molar-refractivity contribution in [2.24, 2.45) is 5.92 Å². The van der Waals surface area contributed by atoms with Crippen LogP contribution in [-0.2, 0) is 11.8 Å². The van der Waals surface area contributed by atoms with Crippen molar-refractivity contribution >= 4 is 22.5 Å². The maximum Gasteiger partial charge on any atom is 0.282 e. The SMILES string of the molecule is O=c1nc2n(c3cccc(Cl)c13)-c1ccc(CC3CCNCC3)cc1C21CCCCC1. The van der Waals surface area contributed by atoms with Crippen LogP contribution in [0, 0.1) is 5.92 Å². The van der Waals surface area contributed by atoms with Gasteiger partial charge in [0.05, 0.1) is 27.0 Å². The van der Waals surface area contributed by atoms with Gasteiger partial charge < -0.3 is 5.32 Å². The van der Waals surface area contributed by atoms with Gasteiger partial charge in [0.1, 0.15) is 5.82 Å². The number of fused-ring (bicyclic) bond motifs is 7. The molecule has 1 N–H and O–H groups in total. The molecule has 2 fully saturated rings. The number of nitrogens with zero attached hydrogens (tertiary/aromatic N) is 2. The van der Waals surface area contributed by atoms with E-state index in [0.717, 1.165) is 49.6 Å². The van der Waals surface area contributed by atoms with Gasteiger partial charge in [0, 0.05) is 0 Å². The molecule has 0 amide bonds. The monoisotopic (exact) mass is 433 g/mol. The highest BCUT2D eigenvalue weighted by Crippen LogP contribution is 2.51. The largest absolute Gasteiger partial charge is 0.317 e. The highest BCUT2D eigenvalue weighted by molar-refractivity contribution is 6.35. The quantitative estimate of drug-likeness (QED) is 0.608. The van der Waals surface area contributed by atoms with Crippen molar-refractivity contribution in [2.45, 2.75) is 56.8 Å². The zero-order valence-corrected chi connectivity index (χ0v) is 18.5. The molecule has 160 valence electrons. The molecule has 3 aromatic rings. The summed E-state index contributed by atoms with van der Waals surface area (Å²) in [6.45, 7) is 2.26. The summed E-state index contributed by atoms with van der Waals surface area (Å²) in [6.07, 6.45) is 9.39. The van der Waals surface area contributed by atoms with Crippen LogP contribution in [-0.4, -0.2) is 22.6 Å². The van der Waals surface area contributed by atoms with E-state index >= 15 is 0 Å². The number of rotatable bonds is 2. The Morgan fingerprint density at radius 3 is 2.71 bits per heavy atom. The van der Waals surface area contributed by atoms with E-state index in [0.29, 0.717) is 10.4 Å². The maximum atomic E-state index is 13.1. The predicted molar refractivity (Wildman–Crippen MR) is 126 cm³/mol. The van der Waals surface area contributed by atoms with Crippen LogP contribution in [0.1, 0.15) is 61.9 Å². The van der Waals surface area contributed by atoms with Crippen LogP contribution in [0.25, 0.3) is 16.6 Å². The molecule has 6 rings (SSSR count). The van der Waals surface area contributed by atoms with Crippen molar-refractivity contribution in [3.8, 4) is 5.69 Å². The average molecular weight is 434 g/mol. The number of halogens is 1. The van der Waals surface area contributed by atoms with Gasteiger partial charge in [-0.15, -0.1) is 0 Å². The van der Waals surface area contributed by atoms with Crippen LogP contribution in [0.2, 0.25) is 5.02 Å². The third kappa shape index (κ3) is 2.99. The molecule has 2 aromatic carbocycles. The normalized spacial score (nSPS) is 20.2. The molecule has 1 saturated heterocycles. The van der Waals surface area contributed by atoms with Crippen LogP contribution < -0.4 is 10.9 Å². The van der Waals surface area contributed by atoms with E-state index in [9.17, 15) is 4.79 Å². The minimum Gasteiger partial charge on any atom is -0.317 e. The van der Waals surface area contributed by atoms with Crippen LogP contribution in [0.15, 0.2) is 41.2 Å². The van der Waals surface area contributed by atoms with Gasteiger partial charge in [0.15, 0.2) is 0 Å². The molecule has 3 heterocycles. The first-order chi connectivity index (χ1) is 15.2. The molecule has 1 aromatic heterocycles. The number of nitrogens with one attached hydrogen (secondary N) is 1. The molecule has 0 bridgehead atoms. The lowest BCUT2D eigenvalue weighted by Crippen LogP contribution is -2.32. The standard InChI is InChI=1S/C26H28ClN3O/c27-20-5-4-6-22-23(20)24(31)29-25-26(11-2-1-3-12-26)19-16-18(7-8-21(19)30(22)25)15-17-9-13-28-14-10-17/h4-8,16-17,28H,1-3,9-15H2. The van der Waals surface area contributed by atoms with E-state index in [1.807, 2.05) is 12.1 Å². The Hall–Kier alpha value is -2.17. The molecular weight excluding hydrogens is 406 g/mol. The number of piperidine rings is 1. The third-order valence-corrected chi connectivity index (χ3v) is 8.12. The van der Waals surface area contributed by atoms with E-state index in [1.165, 1.54) is 48.9 Å². The Balaban J connectivity index is 1.56. The maximum absolute atomic E-state index is 13.1. The smallest absolute Gasteiger partial charge is 0.282 e. The van der Waals surface area contributed by atoms with E-state index in [4.69, 9.17) is 16.6 Å². The van der Waals surface area contributed by atoms with Gasteiger partial charge in [-0.3, -0.25) is 9.36 Å². The van der Waals surface area contributed by atoms with E-state index in [-0.39, 0.29) is 11.0 Å². The van der Waals surface area contributed by atoms with Gasteiger partial charge in [0.25, 0.3) is 5.56 Å². The highest BCUT2D eigenvalue weighted by atomic mass is 35.5. The van der Waals surface area contributed by atoms with Gasteiger partial charge in [-0.2, -0.15) is 4.98 Å². The van der Waals surface area contributed by atoms with Gasteiger partial charge in [-0.1, -0.05) is 49.1 Å². The van der Waals surface area contributed by atoms with Crippen molar-refractivity contribution in [1.82, 2.24) is 14.9 Å². The molecule has 1 spiro atoms. The molecule has 0 radical (unpaired) electrons. The molecule has 2 aliphatic heterocycles. The molecule has 1 aliphatic carbocycles. The van der Waals surface area contributed by atoms with Crippen molar-refractivity contribution in [2.75, 3.05) is 13.1 Å². The molecule has 3 aliphatic rings. The van der Waals surface area contributed by atoms with Gasteiger partial charge in [-0.05, 0) is 80.4 Å². The third-order valence-electron chi connectivity index (χ3n) is 7.80. The fraction of sp³-hybridized carbons (Fsp3) is 0.462. The fourth-order valence-corrected chi connectivity index (χ4v) is 6.52. The first-order valence-electron chi connectivity index (χ1n) is 11.7. The van der Waals surface area contributed by atoms with E-state index < -0.39 is 0 Å². The minimum absolute atomic E-state index is 0.145. The number of benzene rings is 2. The van der Waals surface area contributed by atoms with Crippen LogP contribution in [0.4, 0.5) is 0 Å². The Labute approximate surface area is 187 Å². The van der Waals surface area contributed by atoms with Crippen LogP contribution in [0.5, 0.6) is 0 Å². The summed E-state index contributed by atoms with van der Waals surface area (Å²) in [4.78, 5) is 17.7. The zero-order chi connectivity index (χ0) is 21.0. The lowest BCUT2D eigenvalue weighted by atomic mass is 9.69. The Bertz CT molecular complexity index is 1220. The summed E-state index contributed by atoms with van der Waals surface area (Å²) in [5.74, 6) is 1.69. The number of aromatic nitrogens is 2. The van der Waals surface area contributed by atoms with Crippen molar-refractivity contribution in [3.63, 3.8) is 0 Å². The first-order valence-corrected chi connectivity index (χ1v) is 12.1. The van der Waals surface area contributed by atoms with Crippen molar-refractivity contribution < 1.29 is 0 Å². The molecule has 0 unspecified atom stereocenters. The Morgan fingerprint density at radius 1 is 1.10 bits per heavy atom. The molecule has 5 heteroatoms. The second-order valence-corrected chi connectivity index (χ2v) is 10.0. The molecular formula is C26H28ClN3O. The topological polar surface area (TPSA) is 46.9 Å². The Morgan fingerprint density at radius 2 is 1.90 bits per heavy atom.